The molecule has 0 aromatic carbocycles. The van der Waals surface area contributed by atoms with Gasteiger partial charge in [-0.15, -0.1) is 0 Å². The van der Waals surface area contributed by atoms with Gasteiger partial charge in [-0.2, -0.15) is 0 Å². The Morgan fingerprint density at radius 1 is 0.393 bits per heavy atom. The first kappa shape index (κ1) is 107. The number of aldehydes is 1. The number of nitrogens with two attached hydrogens (primary N) is 12. The Hall–Kier alpha value is -10.2. The lowest BCUT2D eigenvalue weighted by Gasteiger charge is -2.30. The lowest BCUT2D eigenvalue weighted by molar-refractivity contribution is -0.144. The minimum atomic E-state index is -2.89. The van der Waals surface area contributed by atoms with Crippen molar-refractivity contribution in [2.45, 2.75) is 256 Å². The third-order valence-electron chi connectivity index (χ3n) is 18.7. The molecule has 660 valence electrons. The number of hydrogen-bond donors (Lipinski definition) is 25. The molecular formula is C70H123N25O22. The number of carbonyl (C=O) groups excluding carboxylic acids is 22. The van der Waals surface area contributed by atoms with Crippen LogP contribution in [0.25, 0.3) is 0 Å². The van der Waals surface area contributed by atoms with Crippen LogP contribution in [0, 0.1) is 23.7 Å². The number of carbonyl (C=O) groups is 22. The standard InChI is InChI=1S/C70H123N25O22/c1-13-29(7)45(79)54(103)32(10)85-64(112)53(59(108)46(80)30(8)14-2)90-61(109)38(23-39(98)31(9)83-12)88-69(117)60(87-34(26-96)22-27(3)4)95-68(116)51(57(106)37(75)18-20-43(77)102)93-65(113)49(55(104)35(73)16-15-21-84-70(81)82)92-63(111)48(41(100)25-72)89-67(115)52(58(107)44(78)28(5)6)94-66(114)50(56(105)36(74)17-19-42(76)101)91-62(110)47(40(99)24-71)86-33(11)97/h26-32,34-38,44-53,60,70,83-84,87H,13-25,71-75,78-82H2,1-12H3,(H2,76,101)(H2,77,102)(H,85,112)(H,86,97)(H,88,117)(H,89,115)(H,90,109)(H,91,110)(H,92,111)(H,93,113)(H,94,114)(H,95,116)/t29-,30-,31-,32?,34-,35-,36-,37-,38?,44-,45?,46?,47?,48?,49?,50?,51?,52?,53?,60?/m0/s1. The molecule has 0 aromatic heterocycles. The third-order valence-corrected chi connectivity index (χ3v) is 18.7. The molecule has 20 atom stereocenters. The van der Waals surface area contributed by atoms with Gasteiger partial charge in [-0.3, -0.25) is 111 Å². The van der Waals surface area contributed by atoms with Crippen molar-refractivity contribution >= 4 is 129 Å². The number of nitrogens with one attached hydrogen (secondary N) is 13. The Labute approximate surface area is 676 Å². The molecule has 0 fully saturated rings. The Morgan fingerprint density at radius 3 is 1.12 bits per heavy atom. The quantitative estimate of drug-likeness (QED) is 0.0116. The molecule has 0 bridgehead atoms. The molecule has 0 aliphatic rings. The van der Waals surface area contributed by atoms with E-state index >= 15 is 14.4 Å². The summed E-state index contributed by atoms with van der Waals surface area (Å²) in [6, 6.07) is -34.9. The maximum atomic E-state index is 15.2. The summed E-state index contributed by atoms with van der Waals surface area (Å²) in [6.45, 7) is 13.7. The maximum absolute atomic E-state index is 15.2. The highest BCUT2D eigenvalue weighted by molar-refractivity contribution is 6.20. The van der Waals surface area contributed by atoms with Gasteiger partial charge in [0.2, 0.25) is 23.6 Å². The van der Waals surface area contributed by atoms with Crippen LogP contribution in [0.2, 0.25) is 0 Å². The van der Waals surface area contributed by atoms with E-state index in [0.717, 1.165) is 6.92 Å². The molecule has 0 heterocycles. The highest BCUT2D eigenvalue weighted by Gasteiger charge is 2.46. The molecule has 0 aromatic rings. The van der Waals surface area contributed by atoms with Gasteiger partial charge in [-0.25, -0.2) is 0 Å². The van der Waals surface area contributed by atoms with E-state index in [2.05, 4.69) is 37.2 Å². The summed E-state index contributed by atoms with van der Waals surface area (Å²) >= 11 is 0. The zero-order valence-electron chi connectivity index (χ0n) is 68.0. The summed E-state index contributed by atoms with van der Waals surface area (Å²) in [4.78, 5) is 307. The van der Waals surface area contributed by atoms with Crippen LogP contribution in [-0.4, -0.2) is 271 Å². The van der Waals surface area contributed by atoms with E-state index in [-0.39, 0.29) is 38.0 Å². The predicted octanol–water partition coefficient (Wildman–Crippen LogP) is -14.1. The molecule has 0 saturated carbocycles. The second kappa shape index (κ2) is 52.5. The second-order valence-electron chi connectivity index (χ2n) is 29.0. The molecule has 47 nitrogen and oxygen atoms in total. The Bertz CT molecular complexity index is 3570. The fraction of sp³-hybridized carbons (Fsp3) is 0.686. The van der Waals surface area contributed by atoms with Gasteiger partial charge in [0.05, 0.1) is 67.5 Å². The average molecular weight is 1670 g/mol. The van der Waals surface area contributed by atoms with Crippen LogP contribution in [-0.2, 0) is 105 Å². The number of amides is 12. The summed E-state index contributed by atoms with van der Waals surface area (Å²) < 4.78 is 0. The first-order valence-corrected chi connectivity index (χ1v) is 37.8. The van der Waals surface area contributed by atoms with Crippen LogP contribution < -0.4 is 138 Å². The second-order valence-corrected chi connectivity index (χ2v) is 29.0. The summed E-state index contributed by atoms with van der Waals surface area (Å²) in [7, 11) is 1.34. The van der Waals surface area contributed by atoms with E-state index < -0.39 is 307 Å². The average Bonchev–Trinajstić information content (AvgIpc) is 0.814. The van der Waals surface area contributed by atoms with Crippen molar-refractivity contribution in [2.75, 3.05) is 26.7 Å². The Kier molecular flexibility index (Phi) is 47.9. The van der Waals surface area contributed by atoms with Gasteiger partial charge in [-0.05, 0) is 83.2 Å². The van der Waals surface area contributed by atoms with E-state index in [1.165, 1.54) is 34.7 Å². The van der Waals surface area contributed by atoms with Gasteiger partial charge in [0, 0.05) is 26.2 Å². The van der Waals surface area contributed by atoms with Crippen molar-refractivity contribution in [3.8, 4) is 0 Å². The van der Waals surface area contributed by atoms with Crippen molar-refractivity contribution in [2.24, 2.45) is 92.5 Å². The normalized spacial score (nSPS) is 16.5. The summed E-state index contributed by atoms with van der Waals surface area (Å²) in [5.41, 5.74) is 70.1. The van der Waals surface area contributed by atoms with E-state index in [9.17, 15) is 91.1 Å². The molecule has 12 unspecified atom stereocenters. The van der Waals surface area contributed by atoms with Crippen LogP contribution in [0.5, 0.6) is 0 Å². The van der Waals surface area contributed by atoms with Crippen LogP contribution >= 0.6 is 0 Å². The number of primary amides is 2. The predicted molar refractivity (Wildman–Crippen MR) is 417 cm³/mol. The molecule has 117 heavy (non-hydrogen) atoms. The fourth-order valence-electron chi connectivity index (χ4n) is 10.7. The van der Waals surface area contributed by atoms with Crippen molar-refractivity contribution in [1.82, 2.24) is 69.1 Å². The van der Waals surface area contributed by atoms with E-state index in [1.54, 1.807) is 41.5 Å². The summed E-state index contributed by atoms with van der Waals surface area (Å²) in [6.07, 6.45) is -6.98. The number of Topliss-reactive ketones (excluding diaryl/α,β-unsaturated/α-hetero) is 9. The zero-order valence-corrected chi connectivity index (χ0v) is 68.0. The minimum absolute atomic E-state index is 0.0872. The van der Waals surface area contributed by atoms with Gasteiger partial charge in [0.15, 0.2) is 101 Å². The molecule has 0 spiro atoms. The van der Waals surface area contributed by atoms with E-state index in [0.29, 0.717) is 6.42 Å². The third kappa shape index (κ3) is 35.7. The lowest BCUT2D eigenvalue weighted by Crippen LogP contribution is -2.68. The molecule has 0 rings (SSSR count). The van der Waals surface area contributed by atoms with Gasteiger partial charge < -0.3 is 132 Å². The number of ketones is 9. The Morgan fingerprint density at radius 2 is 0.752 bits per heavy atom. The van der Waals surface area contributed by atoms with Crippen LogP contribution in [0.15, 0.2) is 0 Å². The van der Waals surface area contributed by atoms with Gasteiger partial charge in [-0.1, -0.05) is 68.2 Å². The molecule has 12 amide bonds. The molecule has 0 radical (unpaired) electrons. The SMILES string of the molecule is CC[C@H](C)C(N)C(=O)C(C)NC(=O)C(NC(=O)C(CC(=O)[C@H](C)NC)NC(=O)C(NC(=O)C(NC(=O)C(NC(=O)C(NC(=O)C(NC(=O)C(NC(=O)C(NC(C)=O)C(=O)CN)C(=O)[C@@H](N)CCC(N)=O)C(=O)[C@@H](N)C(C)C)C(=O)CN)C(=O)[C@@H](N)CCCNC(N)N)C(=O)[C@@H](N)CCC(N)=O)N[C@H](C=O)CC(C)C)C(=O)C(N)[C@@H](C)CC. The topological polar surface area (TPSA) is 844 Å². The molecular weight excluding hydrogens is 1540 g/mol. The van der Waals surface area contributed by atoms with E-state index in [4.69, 9.17) is 68.8 Å². The molecule has 47 heteroatoms. The van der Waals surface area contributed by atoms with Crippen LogP contribution in [0.3, 0.4) is 0 Å². The summed E-state index contributed by atoms with van der Waals surface area (Å²) in [5.74, 6) is -32.4. The minimum Gasteiger partial charge on any atom is -0.370 e. The number of rotatable bonds is 60. The number of hydrogen-bond acceptors (Lipinski definition) is 35. The fourth-order valence-corrected chi connectivity index (χ4v) is 10.7. The first-order chi connectivity index (χ1) is 54.4. The molecule has 37 N–H and O–H groups in total. The molecule has 0 aliphatic carbocycles. The maximum Gasteiger partial charge on any atom is 0.258 e. The highest BCUT2D eigenvalue weighted by atomic mass is 16.2. The largest absolute Gasteiger partial charge is 0.370 e. The van der Waals surface area contributed by atoms with E-state index in [1.807, 2.05) is 31.9 Å². The van der Waals surface area contributed by atoms with Gasteiger partial charge in [0.1, 0.15) is 18.6 Å². The Balaban J connectivity index is 8.81. The van der Waals surface area contributed by atoms with Crippen LogP contribution in [0.4, 0.5) is 0 Å². The van der Waals surface area contributed by atoms with Crippen molar-refractivity contribution in [1.29, 1.82) is 0 Å². The zero-order chi connectivity index (χ0) is 90.5. The smallest absolute Gasteiger partial charge is 0.258 e. The summed E-state index contributed by atoms with van der Waals surface area (Å²) in [5, 5.41) is 28.0. The highest BCUT2D eigenvalue weighted by Crippen LogP contribution is 2.15. The monoisotopic (exact) mass is 1670 g/mol. The van der Waals surface area contributed by atoms with Gasteiger partial charge in [0.25, 0.3) is 47.3 Å². The molecule has 0 aliphatic heterocycles. The van der Waals surface area contributed by atoms with Crippen molar-refractivity contribution in [3.05, 3.63) is 0 Å². The van der Waals surface area contributed by atoms with Crippen molar-refractivity contribution < 1.29 is 105 Å². The number of likely N-dealkylation sites (N-methyl/N-ethyl adjacent to an activating group) is 1. The van der Waals surface area contributed by atoms with Gasteiger partial charge >= 0.3 is 0 Å². The van der Waals surface area contributed by atoms with Crippen molar-refractivity contribution in [3.63, 3.8) is 0 Å². The molecule has 0 saturated heterocycles. The van der Waals surface area contributed by atoms with Crippen LogP contribution in [0.1, 0.15) is 140 Å². The first-order valence-electron chi connectivity index (χ1n) is 37.8. The lowest BCUT2D eigenvalue weighted by atomic mass is 9.91.